The van der Waals surface area contributed by atoms with Gasteiger partial charge in [0.05, 0.1) is 23.0 Å². The number of carbonyl (C=O) groups is 2. The van der Waals surface area contributed by atoms with Gasteiger partial charge < -0.3 is 10.4 Å². The highest BCUT2D eigenvalue weighted by atomic mass is 32.1. The fraction of sp³-hybridized carbons (Fsp3) is 0.450. The monoisotopic (exact) mass is 390 g/mol. The quantitative estimate of drug-likeness (QED) is 0.769. The zero-order valence-electron chi connectivity index (χ0n) is 15.4. The lowest BCUT2D eigenvalue weighted by Gasteiger charge is -2.26. The molecule has 0 spiro atoms. The van der Waals surface area contributed by atoms with Crippen LogP contribution in [-0.2, 0) is 16.0 Å². The first-order valence-electron chi connectivity index (χ1n) is 9.00. The van der Waals surface area contributed by atoms with E-state index in [2.05, 4.69) is 10.3 Å². The number of aromatic nitrogens is 1. The molecule has 1 aliphatic carbocycles. The van der Waals surface area contributed by atoms with Gasteiger partial charge >= 0.3 is 5.97 Å². The number of aryl methyl sites for hydroxylation is 1. The maximum absolute atomic E-state index is 13.1. The molecule has 1 amide bonds. The van der Waals surface area contributed by atoms with E-state index in [1.165, 1.54) is 23.5 Å². The van der Waals surface area contributed by atoms with Crippen molar-refractivity contribution in [1.82, 2.24) is 10.3 Å². The Morgan fingerprint density at radius 3 is 2.67 bits per heavy atom. The van der Waals surface area contributed by atoms with Gasteiger partial charge in [-0.25, -0.2) is 9.37 Å². The zero-order valence-corrected chi connectivity index (χ0v) is 16.2. The van der Waals surface area contributed by atoms with E-state index >= 15 is 0 Å². The summed E-state index contributed by atoms with van der Waals surface area (Å²) in [6, 6.07) is 6.15. The standard InChI is InChI=1S/C20H23FN2O3S/c1-20(2,11-17(25)26)10-16(24)22-14-4-3-5-15-18(14)27-19(23-15)12-6-8-13(21)9-7-12/h6-9,14H,3-5,10-11H2,1-2H3,(H,22,24)(H,25,26). The lowest BCUT2D eigenvalue weighted by molar-refractivity contribution is -0.139. The summed E-state index contributed by atoms with van der Waals surface area (Å²) in [5, 5.41) is 12.9. The number of halogens is 1. The molecule has 144 valence electrons. The number of hydrogen-bond acceptors (Lipinski definition) is 4. The van der Waals surface area contributed by atoms with E-state index in [0.29, 0.717) is 0 Å². The highest BCUT2D eigenvalue weighted by Gasteiger charge is 2.29. The van der Waals surface area contributed by atoms with Crippen molar-refractivity contribution in [2.45, 2.75) is 52.0 Å². The van der Waals surface area contributed by atoms with Crippen LogP contribution >= 0.6 is 11.3 Å². The number of amides is 1. The lowest BCUT2D eigenvalue weighted by Crippen LogP contribution is -2.34. The van der Waals surface area contributed by atoms with Crippen molar-refractivity contribution in [1.29, 1.82) is 0 Å². The molecular weight excluding hydrogens is 367 g/mol. The number of benzene rings is 1. The molecule has 1 heterocycles. The van der Waals surface area contributed by atoms with Gasteiger partial charge in [0, 0.05) is 12.0 Å². The molecule has 1 atom stereocenters. The van der Waals surface area contributed by atoms with E-state index in [9.17, 15) is 14.0 Å². The summed E-state index contributed by atoms with van der Waals surface area (Å²) in [7, 11) is 0. The molecule has 1 aromatic carbocycles. The number of aliphatic carboxylic acids is 1. The number of carbonyl (C=O) groups excluding carboxylic acids is 1. The fourth-order valence-electron chi connectivity index (χ4n) is 3.43. The average molecular weight is 390 g/mol. The highest BCUT2D eigenvalue weighted by Crippen LogP contribution is 2.38. The number of carboxylic acid groups (broad SMARTS) is 1. The van der Waals surface area contributed by atoms with E-state index in [4.69, 9.17) is 5.11 Å². The van der Waals surface area contributed by atoms with Crippen molar-refractivity contribution in [3.63, 3.8) is 0 Å². The second-order valence-electron chi connectivity index (χ2n) is 7.76. The Bertz CT molecular complexity index is 845. The predicted molar refractivity (Wildman–Crippen MR) is 102 cm³/mol. The summed E-state index contributed by atoms with van der Waals surface area (Å²) in [5.74, 6) is -1.33. The average Bonchev–Trinajstić information content (AvgIpc) is 2.98. The topological polar surface area (TPSA) is 79.3 Å². The smallest absolute Gasteiger partial charge is 0.303 e. The summed E-state index contributed by atoms with van der Waals surface area (Å²) >= 11 is 1.53. The molecule has 2 aromatic rings. The summed E-state index contributed by atoms with van der Waals surface area (Å²) in [4.78, 5) is 29.2. The van der Waals surface area contributed by atoms with Gasteiger partial charge in [-0.2, -0.15) is 0 Å². The first kappa shape index (κ1) is 19.5. The molecule has 0 bridgehead atoms. The molecule has 0 fully saturated rings. The number of fused-ring (bicyclic) bond motifs is 1. The second kappa shape index (κ2) is 7.76. The summed E-state index contributed by atoms with van der Waals surface area (Å²) in [6.07, 6.45) is 2.75. The minimum atomic E-state index is -0.904. The Labute approximate surface area is 161 Å². The lowest BCUT2D eigenvalue weighted by atomic mass is 9.85. The number of thiazole rings is 1. The van der Waals surface area contributed by atoms with Crippen LogP contribution in [0.15, 0.2) is 24.3 Å². The minimum absolute atomic E-state index is 0.0500. The number of rotatable bonds is 6. The van der Waals surface area contributed by atoms with Gasteiger partial charge in [0.15, 0.2) is 0 Å². The van der Waals surface area contributed by atoms with Crippen LogP contribution in [0.1, 0.15) is 56.1 Å². The van der Waals surface area contributed by atoms with Crippen molar-refractivity contribution in [3.8, 4) is 10.6 Å². The van der Waals surface area contributed by atoms with Crippen LogP contribution in [0, 0.1) is 11.2 Å². The van der Waals surface area contributed by atoms with Crippen LogP contribution in [-0.4, -0.2) is 22.0 Å². The molecule has 0 aliphatic heterocycles. The largest absolute Gasteiger partial charge is 0.481 e. The van der Waals surface area contributed by atoms with Crippen LogP contribution in [0.3, 0.4) is 0 Å². The fourth-order valence-corrected chi connectivity index (χ4v) is 4.63. The van der Waals surface area contributed by atoms with Gasteiger partial charge in [0.2, 0.25) is 5.91 Å². The van der Waals surface area contributed by atoms with Gasteiger partial charge in [-0.05, 0) is 48.9 Å². The Morgan fingerprint density at radius 2 is 2.00 bits per heavy atom. The maximum Gasteiger partial charge on any atom is 0.303 e. The van der Waals surface area contributed by atoms with E-state index < -0.39 is 11.4 Å². The Balaban J connectivity index is 1.73. The van der Waals surface area contributed by atoms with E-state index in [1.807, 2.05) is 0 Å². The van der Waals surface area contributed by atoms with Gasteiger partial charge in [0.1, 0.15) is 10.8 Å². The van der Waals surface area contributed by atoms with Crippen molar-refractivity contribution >= 4 is 23.2 Å². The van der Waals surface area contributed by atoms with E-state index in [0.717, 1.165) is 40.4 Å². The molecule has 1 aromatic heterocycles. The molecule has 7 heteroatoms. The van der Waals surface area contributed by atoms with Gasteiger partial charge in [-0.3, -0.25) is 9.59 Å². The van der Waals surface area contributed by atoms with Crippen LogP contribution in [0.25, 0.3) is 10.6 Å². The Morgan fingerprint density at radius 1 is 1.30 bits per heavy atom. The van der Waals surface area contributed by atoms with Crippen molar-refractivity contribution < 1.29 is 19.1 Å². The van der Waals surface area contributed by atoms with Crippen molar-refractivity contribution in [2.75, 3.05) is 0 Å². The molecule has 2 N–H and O–H groups in total. The molecule has 3 rings (SSSR count). The number of hydrogen-bond donors (Lipinski definition) is 2. The molecular formula is C20H23FN2O3S. The normalized spacial score (nSPS) is 16.6. The first-order valence-corrected chi connectivity index (χ1v) is 9.82. The van der Waals surface area contributed by atoms with Crippen LogP contribution in [0.2, 0.25) is 0 Å². The number of nitrogens with one attached hydrogen (secondary N) is 1. The second-order valence-corrected chi connectivity index (χ2v) is 8.79. The predicted octanol–water partition coefficient (Wildman–Crippen LogP) is 4.33. The van der Waals surface area contributed by atoms with Crippen molar-refractivity contribution in [3.05, 3.63) is 40.7 Å². The minimum Gasteiger partial charge on any atom is -0.481 e. The van der Waals surface area contributed by atoms with Gasteiger partial charge in [-0.15, -0.1) is 11.3 Å². The van der Waals surface area contributed by atoms with E-state index in [-0.39, 0.29) is 30.6 Å². The molecule has 0 saturated heterocycles. The van der Waals surface area contributed by atoms with Crippen molar-refractivity contribution in [2.24, 2.45) is 5.41 Å². The van der Waals surface area contributed by atoms with Crippen LogP contribution < -0.4 is 5.32 Å². The molecule has 1 aliphatic rings. The third kappa shape index (κ3) is 4.91. The van der Waals surface area contributed by atoms with Gasteiger partial charge in [-0.1, -0.05) is 13.8 Å². The summed E-state index contributed by atoms with van der Waals surface area (Å²) < 4.78 is 13.1. The first-order chi connectivity index (χ1) is 12.7. The molecule has 0 radical (unpaired) electrons. The number of nitrogens with zero attached hydrogens (tertiary/aromatic N) is 1. The third-order valence-corrected chi connectivity index (χ3v) is 5.91. The summed E-state index contributed by atoms with van der Waals surface area (Å²) in [6.45, 7) is 3.57. The highest BCUT2D eigenvalue weighted by molar-refractivity contribution is 7.15. The number of carboxylic acids is 1. The molecule has 5 nitrogen and oxygen atoms in total. The molecule has 1 unspecified atom stereocenters. The molecule has 27 heavy (non-hydrogen) atoms. The summed E-state index contributed by atoms with van der Waals surface area (Å²) in [5.41, 5.74) is 1.25. The SMILES string of the molecule is CC(C)(CC(=O)O)CC(=O)NC1CCCc2nc(-c3ccc(F)cc3)sc21. The van der Waals surface area contributed by atoms with Crippen LogP contribution in [0.5, 0.6) is 0 Å². The third-order valence-electron chi connectivity index (χ3n) is 4.65. The van der Waals surface area contributed by atoms with E-state index in [1.54, 1.807) is 26.0 Å². The Kier molecular flexibility index (Phi) is 5.60. The van der Waals surface area contributed by atoms with Crippen LogP contribution in [0.4, 0.5) is 4.39 Å². The van der Waals surface area contributed by atoms with Gasteiger partial charge in [0.25, 0.3) is 0 Å². The maximum atomic E-state index is 13.1. The molecule has 0 saturated carbocycles. The zero-order chi connectivity index (χ0) is 19.6. The Hall–Kier alpha value is -2.28.